The summed E-state index contributed by atoms with van der Waals surface area (Å²) in [6.45, 7) is 8.26. The molecule has 0 saturated heterocycles. The first-order valence-corrected chi connectivity index (χ1v) is 10.4. The van der Waals surface area contributed by atoms with Crippen LogP contribution >= 0.6 is 11.8 Å². The summed E-state index contributed by atoms with van der Waals surface area (Å²) in [5.74, 6) is -0.157. The fourth-order valence-electron chi connectivity index (χ4n) is 2.25. The first-order chi connectivity index (χ1) is 14.2. The van der Waals surface area contributed by atoms with Crippen LogP contribution in [0.2, 0.25) is 0 Å². The van der Waals surface area contributed by atoms with E-state index in [9.17, 15) is 18.0 Å². The van der Waals surface area contributed by atoms with Gasteiger partial charge in [0.05, 0.1) is 11.4 Å². The second-order valence-corrected chi connectivity index (χ2v) is 7.28. The zero-order chi connectivity index (χ0) is 22.6. The Hall–Kier alpha value is -2.55. The van der Waals surface area contributed by atoms with Crippen LogP contribution in [-0.4, -0.2) is 33.0 Å². The summed E-state index contributed by atoms with van der Waals surface area (Å²) in [6, 6.07) is 4.70. The van der Waals surface area contributed by atoms with Crippen LogP contribution < -0.4 is 5.32 Å². The van der Waals surface area contributed by atoms with Crippen molar-refractivity contribution in [2.24, 2.45) is 7.05 Å². The molecule has 0 atom stereocenters. The predicted octanol–water partition coefficient (Wildman–Crippen LogP) is 4.87. The number of allylic oxidation sites excluding steroid dienone is 2. The maximum absolute atomic E-state index is 12.9. The van der Waals surface area contributed by atoms with E-state index in [1.165, 1.54) is 25.6 Å². The first-order valence-electron chi connectivity index (χ1n) is 9.45. The molecule has 30 heavy (non-hydrogen) atoms. The number of alkyl halides is 3. The standard InChI is InChI=1S/C18H19F3N4OS.C3H8/c1-3-5-15(14-10-16(18(19,20)21)25(2)24-14)27-12-17(26)23-9-7-13-6-4-8-22-11-13;1-3-2/h3-6,8,10-11H,1,7,9,12H2,2H3,(H,23,26);3H2,1-2H3/b15-5-;. The van der Waals surface area contributed by atoms with E-state index < -0.39 is 11.9 Å². The molecule has 2 aromatic heterocycles. The van der Waals surface area contributed by atoms with Gasteiger partial charge in [0.1, 0.15) is 5.69 Å². The Morgan fingerprint density at radius 3 is 2.60 bits per heavy atom. The van der Waals surface area contributed by atoms with Gasteiger partial charge in [0.25, 0.3) is 0 Å². The lowest BCUT2D eigenvalue weighted by atomic mass is 10.2. The highest BCUT2D eigenvalue weighted by Crippen LogP contribution is 2.33. The summed E-state index contributed by atoms with van der Waals surface area (Å²) in [6.07, 6.45) is 3.79. The number of nitrogens with zero attached hydrogens (tertiary/aromatic N) is 3. The number of pyridine rings is 1. The van der Waals surface area contributed by atoms with Crippen molar-refractivity contribution < 1.29 is 18.0 Å². The second-order valence-electron chi connectivity index (χ2n) is 6.26. The zero-order valence-corrected chi connectivity index (χ0v) is 18.2. The number of aromatic nitrogens is 3. The number of halogens is 3. The second kappa shape index (κ2) is 12.9. The molecule has 9 heteroatoms. The van der Waals surface area contributed by atoms with E-state index in [0.29, 0.717) is 17.9 Å². The van der Waals surface area contributed by atoms with Crippen LogP contribution in [0.5, 0.6) is 0 Å². The molecule has 5 nitrogen and oxygen atoms in total. The average molecular weight is 441 g/mol. The van der Waals surface area contributed by atoms with Gasteiger partial charge < -0.3 is 5.32 Å². The molecule has 0 saturated carbocycles. The maximum Gasteiger partial charge on any atom is 0.433 e. The van der Waals surface area contributed by atoms with Crippen molar-refractivity contribution in [2.75, 3.05) is 12.3 Å². The van der Waals surface area contributed by atoms with E-state index in [1.54, 1.807) is 12.4 Å². The number of hydrogen-bond donors (Lipinski definition) is 1. The van der Waals surface area contributed by atoms with Gasteiger partial charge in [-0.3, -0.25) is 14.5 Å². The first kappa shape index (κ1) is 25.5. The number of amides is 1. The molecule has 0 aliphatic rings. The van der Waals surface area contributed by atoms with Crippen molar-refractivity contribution in [1.82, 2.24) is 20.1 Å². The molecule has 2 rings (SSSR count). The Bertz CT molecular complexity index is 833. The Labute approximate surface area is 179 Å². The van der Waals surface area contributed by atoms with Crippen LogP contribution in [0.3, 0.4) is 0 Å². The molecule has 0 aliphatic carbocycles. The molecule has 2 heterocycles. The van der Waals surface area contributed by atoms with E-state index in [1.807, 2.05) is 12.1 Å². The zero-order valence-electron chi connectivity index (χ0n) is 17.4. The summed E-state index contributed by atoms with van der Waals surface area (Å²) >= 11 is 1.11. The van der Waals surface area contributed by atoms with Crippen LogP contribution in [0.15, 0.2) is 49.3 Å². The normalized spacial score (nSPS) is 11.5. The van der Waals surface area contributed by atoms with Gasteiger partial charge in [0, 0.05) is 30.9 Å². The quantitative estimate of drug-likeness (QED) is 0.595. The number of carbonyl (C=O) groups excluding carboxylic acids is 1. The molecule has 1 amide bonds. The van der Waals surface area contributed by atoms with Crippen LogP contribution in [-0.2, 0) is 24.4 Å². The lowest BCUT2D eigenvalue weighted by Crippen LogP contribution is -2.27. The van der Waals surface area contributed by atoms with Crippen molar-refractivity contribution in [3.05, 3.63) is 66.3 Å². The monoisotopic (exact) mass is 440 g/mol. The Kier molecular flexibility index (Phi) is 11.0. The van der Waals surface area contributed by atoms with Crippen LogP contribution in [0.1, 0.15) is 37.2 Å². The Morgan fingerprint density at radius 2 is 2.07 bits per heavy atom. The summed E-state index contributed by atoms with van der Waals surface area (Å²) in [4.78, 5) is 16.4. The molecule has 164 valence electrons. The van der Waals surface area contributed by atoms with Gasteiger partial charge >= 0.3 is 6.18 Å². The van der Waals surface area contributed by atoms with Crippen molar-refractivity contribution in [2.45, 2.75) is 32.9 Å². The highest BCUT2D eigenvalue weighted by molar-refractivity contribution is 8.08. The van der Waals surface area contributed by atoms with Gasteiger partial charge in [0.2, 0.25) is 5.91 Å². The fourth-order valence-corrected chi connectivity index (χ4v) is 3.08. The van der Waals surface area contributed by atoms with Crippen LogP contribution in [0.4, 0.5) is 13.2 Å². The highest BCUT2D eigenvalue weighted by atomic mass is 32.2. The molecule has 0 bridgehead atoms. The lowest BCUT2D eigenvalue weighted by molar-refractivity contribution is -0.143. The summed E-state index contributed by atoms with van der Waals surface area (Å²) < 4.78 is 39.6. The van der Waals surface area contributed by atoms with Gasteiger partial charge in [-0.15, -0.1) is 11.8 Å². The lowest BCUT2D eigenvalue weighted by Gasteiger charge is -2.06. The molecule has 0 fully saturated rings. The predicted molar refractivity (Wildman–Crippen MR) is 116 cm³/mol. The van der Waals surface area contributed by atoms with E-state index in [-0.39, 0.29) is 17.4 Å². The summed E-state index contributed by atoms with van der Waals surface area (Å²) in [5, 5.41) is 6.67. The van der Waals surface area contributed by atoms with Gasteiger partial charge in [0.15, 0.2) is 0 Å². The third-order valence-corrected chi connectivity index (χ3v) is 4.57. The largest absolute Gasteiger partial charge is 0.433 e. The van der Waals surface area contributed by atoms with E-state index in [4.69, 9.17) is 0 Å². The summed E-state index contributed by atoms with van der Waals surface area (Å²) in [5.41, 5.74) is 0.303. The minimum atomic E-state index is -4.49. The van der Waals surface area contributed by atoms with Crippen molar-refractivity contribution in [3.63, 3.8) is 0 Å². The molecule has 0 aliphatic heterocycles. The molecular weight excluding hydrogens is 413 g/mol. The molecule has 0 spiro atoms. The summed E-state index contributed by atoms with van der Waals surface area (Å²) in [7, 11) is 1.23. The number of hydrogen-bond acceptors (Lipinski definition) is 4. The molecule has 2 aromatic rings. The van der Waals surface area contributed by atoms with Gasteiger partial charge in [-0.1, -0.05) is 39.0 Å². The number of thioether (sulfide) groups is 1. The molecular formula is C21H27F3N4OS. The van der Waals surface area contributed by atoms with Crippen molar-refractivity contribution in [3.8, 4) is 0 Å². The molecule has 0 aromatic carbocycles. The highest BCUT2D eigenvalue weighted by Gasteiger charge is 2.35. The topological polar surface area (TPSA) is 59.8 Å². The third kappa shape index (κ3) is 8.86. The Balaban J connectivity index is 0.00000141. The van der Waals surface area contributed by atoms with Crippen LogP contribution in [0, 0.1) is 0 Å². The minimum Gasteiger partial charge on any atom is -0.355 e. The number of aryl methyl sites for hydroxylation is 1. The molecule has 1 N–H and O–H groups in total. The minimum absolute atomic E-state index is 0.0602. The van der Waals surface area contributed by atoms with Crippen molar-refractivity contribution >= 4 is 22.6 Å². The average Bonchev–Trinajstić information content (AvgIpc) is 3.08. The SMILES string of the molecule is C=C/C=C(\SCC(=O)NCCc1cccnc1)c1cc(C(F)(F)F)n(C)n1.CCC. The molecule has 0 unspecified atom stereocenters. The van der Waals surface area contributed by atoms with Gasteiger partial charge in [-0.05, 0) is 30.2 Å². The fraction of sp³-hybridized carbons (Fsp3) is 0.381. The smallest absolute Gasteiger partial charge is 0.355 e. The Morgan fingerprint density at radius 1 is 1.37 bits per heavy atom. The van der Waals surface area contributed by atoms with Crippen molar-refractivity contribution in [1.29, 1.82) is 0 Å². The molecule has 0 radical (unpaired) electrons. The number of nitrogens with one attached hydrogen (secondary N) is 1. The number of rotatable bonds is 8. The van der Waals surface area contributed by atoms with E-state index >= 15 is 0 Å². The number of carbonyl (C=O) groups is 1. The van der Waals surface area contributed by atoms with Gasteiger partial charge in [-0.2, -0.15) is 18.3 Å². The third-order valence-electron chi connectivity index (χ3n) is 3.51. The van der Waals surface area contributed by atoms with Gasteiger partial charge in [-0.25, -0.2) is 0 Å². The van der Waals surface area contributed by atoms with Crippen LogP contribution in [0.25, 0.3) is 4.91 Å². The van der Waals surface area contributed by atoms with E-state index in [0.717, 1.165) is 28.1 Å². The maximum atomic E-state index is 12.9. The van der Waals surface area contributed by atoms with E-state index in [2.05, 4.69) is 35.8 Å².